The van der Waals surface area contributed by atoms with Gasteiger partial charge in [0.15, 0.2) is 0 Å². The summed E-state index contributed by atoms with van der Waals surface area (Å²) in [7, 11) is 0. The van der Waals surface area contributed by atoms with E-state index in [1.807, 2.05) is 18.6 Å². The zero-order chi connectivity index (χ0) is 22.7. The maximum atomic E-state index is 4.79. The van der Waals surface area contributed by atoms with Crippen LogP contribution in [0.15, 0.2) is 79.3 Å². The summed E-state index contributed by atoms with van der Waals surface area (Å²) in [6.07, 6.45) is 9.77. The van der Waals surface area contributed by atoms with Gasteiger partial charge in [-0.25, -0.2) is 0 Å². The number of rotatable bonds is 0. The van der Waals surface area contributed by atoms with Gasteiger partial charge in [0, 0.05) is 37.0 Å². The van der Waals surface area contributed by atoms with E-state index in [1.165, 1.54) is 78.3 Å². The van der Waals surface area contributed by atoms with E-state index in [4.69, 9.17) is 4.98 Å². The Morgan fingerprint density at radius 2 is 1.43 bits per heavy atom. The molecule has 2 aliphatic carbocycles. The Bertz CT molecular complexity index is 1760. The Kier molecular flexibility index (Phi) is 3.24. The summed E-state index contributed by atoms with van der Waals surface area (Å²) < 4.78 is 0. The summed E-state index contributed by atoms with van der Waals surface area (Å²) in [6, 6.07) is 22.8. The summed E-state index contributed by atoms with van der Waals surface area (Å²) in [5.41, 5.74) is 20.8. The number of nitrogens with zero attached hydrogens (tertiary/aromatic N) is 3. The van der Waals surface area contributed by atoms with Crippen LogP contribution in [0.4, 0.5) is 17.1 Å². The first-order chi connectivity index (χ1) is 17.3. The molecule has 2 aliphatic heterocycles. The molecule has 0 amide bonds. The zero-order valence-corrected chi connectivity index (χ0v) is 19.2. The van der Waals surface area contributed by atoms with Gasteiger partial charge in [-0.1, -0.05) is 42.5 Å². The summed E-state index contributed by atoms with van der Waals surface area (Å²) in [5.74, 6) is 0. The minimum atomic E-state index is 0.845. The molecule has 3 heteroatoms. The number of hydrogen-bond acceptors (Lipinski definition) is 3. The standard InChI is InChI=1S/C32H21N3/c1-2-4-23-18(3-1)14-25-24(23)7-5-19-13-20-6-8-29-26(31(20)30(19)25)15-21-9-12-34-27-16-22-17-33-11-10-28(22)35(29)32(21)27/h1-12,17H,13-16H2. The second-order valence-electron chi connectivity index (χ2n) is 10.2. The van der Waals surface area contributed by atoms with E-state index in [0.29, 0.717) is 0 Å². The highest BCUT2D eigenvalue weighted by atomic mass is 15.2. The Balaban J connectivity index is 1.33. The van der Waals surface area contributed by atoms with Crippen molar-refractivity contribution in [3.63, 3.8) is 0 Å². The minimum Gasteiger partial charge on any atom is -0.308 e. The summed E-state index contributed by atoms with van der Waals surface area (Å²) >= 11 is 0. The van der Waals surface area contributed by atoms with Gasteiger partial charge in [0.25, 0.3) is 0 Å². The van der Waals surface area contributed by atoms with Gasteiger partial charge in [-0.15, -0.1) is 0 Å². The molecule has 4 aliphatic rings. The van der Waals surface area contributed by atoms with Crippen molar-refractivity contribution in [3.05, 3.63) is 124 Å². The van der Waals surface area contributed by atoms with Crippen LogP contribution >= 0.6 is 0 Å². The fourth-order valence-corrected chi connectivity index (χ4v) is 7.06. The van der Waals surface area contributed by atoms with Crippen LogP contribution < -0.4 is 4.90 Å². The molecule has 9 rings (SSSR count). The lowest BCUT2D eigenvalue weighted by atomic mass is 9.84. The molecule has 164 valence electrons. The molecule has 0 bridgehead atoms. The molecule has 0 saturated heterocycles. The summed E-state index contributed by atoms with van der Waals surface area (Å²) in [4.78, 5) is 11.7. The second kappa shape index (κ2) is 6.25. The largest absolute Gasteiger partial charge is 0.308 e. The summed E-state index contributed by atoms with van der Waals surface area (Å²) in [5, 5.41) is 0. The molecular weight excluding hydrogens is 426 g/mol. The first kappa shape index (κ1) is 18.1. The van der Waals surface area contributed by atoms with Crippen LogP contribution in [0.5, 0.6) is 0 Å². The average Bonchev–Trinajstić information content (AvgIpc) is 3.47. The number of aromatic nitrogens is 2. The van der Waals surface area contributed by atoms with Gasteiger partial charge >= 0.3 is 0 Å². The van der Waals surface area contributed by atoms with Gasteiger partial charge in [0.2, 0.25) is 0 Å². The van der Waals surface area contributed by atoms with E-state index in [2.05, 4.69) is 70.5 Å². The fourth-order valence-electron chi connectivity index (χ4n) is 7.06. The third-order valence-corrected chi connectivity index (χ3v) is 8.47. The Morgan fingerprint density at radius 3 is 2.40 bits per heavy atom. The van der Waals surface area contributed by atoms with Crippen molar-refractivity contribution in [2.75, 3.05) is 4.90 Å². The number of pyridine rings is 2. The molecule has 0 spiro atoms. The maximum absolute atomic E-state index is 4.79. The van der Waals surface area contributed by atoms with Crippen LogP contribution in [0.2, 0.25) is 0 Å². The van der Waals surface area contributed by atoms with Crippen molar-refractivity contribution in [1.82, 2.24) is 9.97 Å². The van der Waals surface area contributed by atoms with E-state index >= 15 is 0 Å². The summed E-state index contributed by atoms with van der Waals surface area (Å²) in [6.45, 7) is 0. The van der Waals surface area contributed by atoms with Gasteiger partial charge in [0.1, 0.15) is 0 Å². The number of hydrogen-bond donors (Lipinski definition) is 0. The van der Waals surface area contributed by atoms with E-state index < -0.39 is 0 Å². The smallest absolute Gasteiger partial charge is 0.0716 e. The number of benzene rings is 3. The van der Waals surface area contributed by atoms with Gasteiger partial charge in [0.05, 0.1) is 22.8 Å². The SMILES string of the molecule is c1ccc2c(c1)Cc1c-2ccc2c1-c1c(ccc3c1Cc1ccnc4c1N3c1ccncc1C4)C2. The molecule has 5 aromatic rings. The van der Waals surface area contributed by atoms with Gasteiger partial charge in [-0.3, -0.25) is 9.97 Å². The van der Waals surface area contributed by atoms with Gasteiger partial charge < -0.3 is 4.90 Å². The van der Waals surface area contributed by atoms with E-state index in [0.717, 1.165) is 31.4 Å². The Morgan fingerprint density at radius 1 is 0.571 bits per heavy atom. The minimum absolute atomic E-state index is 0.845. The van der Waals surface area contributed by atoms with E-state index in [1.54, 1.807) is 0 Å². The van der Waals surface area contributed by atoms with Crippen LogP contribution in [-0.4, -0.2) is 9.97 Å². The van der Waals surface area contributed by atoms with Gasteiger partial charge in [-0.2, -0.15) is 0 Å². The first-order valence-corrected chi connectivity index (χ1v) is 12.4. The molecule has 2 aromatic heterocycles. The first-order valence-electron chi connectivity index (χ1n) is 12.4. The van der Waals surface area contributed by atoms with E-state index in [-0.39, 0.29) is 0 Å². The lowest BCUT2D eigenvalue weighted by Gasteiger charge is -2.39. The molecule has 35 heavy (non-hydrogen) atoms. The molecule has 3 nitrogen and oxygen atoms in total. The molecule has 3 aromatic carbocycles. The van der Waals surface area contributed by atoms with Crippen molar-refractivity contribution in [1.29, 1.82) is 0 Å². The Labute approximate surface area is 203 Å². The Hall–Kier alpha value is -4.24. The number of fused-ring (bicyclic) bond motifs is 12. The number of anilines is 3. The predicted octanol–water partition coefficient (Wildman–Crippen LogP) is 6.90. The van der Waals surface area contributed by atoms with Gasteiger partial charge in [-0.05, 0) is 86.7 Å². The lowest BCUT2D eigenvalue weighted by molar-refractivity contribution is 0.952. The molecule has 0 N–H and O–H groups in total. The van der Waals surface area contributed by atoms with Crippen LogP contribution in [0.1, 0.15) is 44.6 Å². The molecule has 0 atom stereocenters. The van der Waals surface area contributed by atoms with Crippen molar-refractivity contribution in [3.8, 4) is 22.3 Å². The highest BCUT2D eigenvalue weighted by molar-refractivity contribution is 5.97. The van der Waals surface area contributed by atoms with Crippen LogP contribution in [0, 0.1) is 0 Å². The average molecular weight is 448 g/mol. The van der Waals surface area contributed by atoms with Crippen LogP contribution in [0.25, 0.3) is 22.3 Å². The molecular formula is C32H21N3. The van der Waals surface area contributed by atoms with Crippen LogP contribution in [-0.2, 0) is 25.7 Å². The van der Waals surface area contributed by atoms with Crippen molar-refractivity contribution in [2.45, 2.75) is 25.7 Å². The third kappa shape index (κ3) is 2.21. The third-order valence-electron chi connectivity index (χ3n) is 8.47. The fraction of sp³-hybridized carbons (Fsp3) is 0.125. The van der Waals surface area contributed by atoms with Crippen molar-refractivity contribution >= 4 is 17.1 Å². The lowest BCUT2D eigenvalue weighted by Crippen LogP contribution is -2.26. The topological polar surface area (TPSA) is 29.0 Å². The predicted molar refractivity (Wildman–Crippen MR) is 139 cm³/mol. The molecule has 4 heterocycles. The quantitative estimate of drug-likeness (QED) is 0.253. The van der Waals surface area contributed by atoms with Crippen molar-refractivity contribution < 1.29 is 0 Å². The van der Waals surface area contributed by atoms with Crippen LogP contribution in [0.3, 0.4) is 0 Å². The normalized spacial score (nSPS) is 14.9. The molecule has 0 saturated carbocycles. The highest BCUT2D eigenvalue weighted by Gasteiger charge is 2.37. The monoisotopic (exact) mass is 447 g/mol. The maximum Gasteiger partial charge on any atom is 0.0716 e. The molecule has 0 radical (unpaired) electrons. The van der Waals surface area contributed by atoms with E-state index in [9.17, 15) is 0 Å². The van der Waals surface area contributed by atoms with Crippen molar-refractivity contribution in [2.24, 2.45) is 0 Å². The zero-order valence-electron chi connectivity index (χ0n) is 19.2. The molecule has 0 unspecified atom stereocenters. The second-order valence-corrected chi connectivity index (χ2v) is 10.2. The molecule has 0 fully saturated rings. The highest BCUT2D eigenvalue weighted by Crippen LogP contribution is 2.55.